The van der Waals surface area contributed by atoms with Crippen molar-refractivity contribution in [1.29, 1.82) is 0 Å². The average molecular weight is 490 g/mol. The molecule has 3 aliphatic heterocycles. The van der Waals surface area contributed by atoms with Crippen LogP contribution in [0, 0.1) is 0 Å². The third kappa shape index (κ3) is 4.53. The van der Waals surface area contributed by atoms with Gasteiger partial charge >= 0.3 is 0 Å². The molecular formula is C18H32O15. The fourth-order valence-corrected chi connectivity index (χ4v) is 4.21. The Morgan fingerprint density at radius 3 is 1.91 bits per heavy atom. The molecule has 33 heavy (non-hydrogen) atoms. The zero-order valence-corrected chi connectivity index (χ0v) is 17.4. The summed E-state index contributed by atoms with van der Waals surface area (Å²) >= 11 is 0. The lowest BCUT2D eigenvalue weighted by Gasteiger charge is -2.55. The maximum absolute atomic E-state index is 11.7. The minimum Gasteiger partial charge on any atom is -0.394 e. The van der Waals surface area contributed by atoms with Crippen LogP contribution in [-0.2, 0) is 18.9 Å². The van der Waals surface area contributed by atoms with Crippen molar-refractivity contribution in [3.63, 3.8) is 0 Å². The maximum atomic E-state index is 11.7. The summed E-state index contributed by atoms with van der Waals surface area (Å²) in [7, 11) is 0. The Bertz CT molecular complexity index is 743. The molecule has 11 N–H and O–H groups in total. The van der Waals surface area contributed by atoms with Gasteiger partial charge in [0.2, 0.25) is 0 Å². The van der Waals surface area contributed by atoms with Gasteiger partial charge in [0, 0.05) is 0 Å². The van der Waals surface area contributed by atoms with Gasteiger partial charge in [0.1, 0.15) is 67.1 Å². The van der Waals surface area contributed by atoms with Gasteiger partial charge in [0.05, 0.1) is 22.1 Å². The molecule has 15 atom stereocenters. The summed E-state index contributed by atoms with van der Waals surface area (Å²) in [6, 6.07) is 0. The summed E-state index contributed by atoms with van der Waals surface area (Å²) < 4.78 is 36.9. The molecule has 0 radical (unpaired) electrons. The normalized spacial score (nSPS) is 61.3. The third-order valence-corrected chi connectivity index (χ3v) is 6.21. The lowest BCUT2D eigenvalue weighted by molar-refractivity contribution is -0.400. The van der Waals surface area contributed by atoms with Crippen molar-refractivity contribution in [1.82, 2.24) is 0 Å². The predicted molar refractivity (Wildman–Crippen MR) is 99.9 cm³/mol. The second kappa shape index (κ2) is 10.2. The van der Waals surface area contributed by atoms with E-state index in [1.165, 1.54) is 6.92 Å². The lowest BCUT2D eigenvalue weighted by atomic mass is 9.74. The molecule has 194 valence electrons. The van der Waals surface area contributed by atoms with Crippen molar-refractivity contribution in [2.24, 2.45) is 0 Å². The Morgan fingerprint density at radius 1 is 0.758 bits per heavy atom. The minimum absolute atomic E-state index is 0.874. The van der Waals surface area contributed by atoms with Crippen molar-refractivity contribution in [2.45, 2.75) is 98.3 Å². The third-order valence-electron chi connectivity index (χ3n) is 6.21. The van der Waals surface area contributed by atoms with Crippen LogP contribution in [-0.4, -0.2) is 161 Å². The van der Waals surface area contributed by atoms with Crippen LogP contribution in [0.25, 0.3) is 0 Å². The molecule has 2 unspecified atom stereocenters. The summed E-state index contributed by atoms with van der Waals surface area (Å²) in [5.74, 6) is 0. The van der Waals surface area contributed by atoms with Crippen LogP contribution in [0.15, 0.2) is 0 Å². The van der Waals surface area contributed by atoms with Crippen LogP contribution < -0.4 is 0 Å². The van der Waals surface area contributed by atoms with Crippen molar-refractivity contribution in [3.05, 3.63) is 0 Å². The summed E-state index contributed by atoms with van der Waals surface area (Å²) in [6.07, 6.45) is -30.9. The largest absolute Gasteiger partial charge is 0.394 e. The molecule has 0 spiro atoms. The molecule has 0 bridgehead atoms. The van der Waals surface area contributed by atoms with Crippen molar-refractivity contribution < 1.29 is 77.9 Å². The van der Waals surface area contributed by atoms with Crippen LogP contribution >= 0.6 is 0 Å². The number of aliphatic hydroxyl groups is 11. The van der Waals surface area contributed by atoms with E-state index in [2.05, 4.69) is 0 Å². The highest BCUT2D eigenvalue weighted by Gasteiger charge is 2.65. The molecule has 0 aromatic carbocycles. The molecule has 15 nitrogen and oxygen atoms in total. The highest BCUT2D eigenvalue weighted by molar-refractivity contribution is 5.12. The van der Waals surface area contributed by atoms with E-state index < -0.39 is 105 Å². The average Bonchev–Trinajstić information content (AvgIpc) is 2.80. The zero-order valence-electron chi connectivity index (χ0n) is 19.4. The minimum atomic E-state index is -3.86. The van der Waals surface area contributed by atoms with Crippen LogP contribution in [0.2, 0.25) is 0 Å². The Kier molecular flexibility index (Phi) is 7.44. The van der Waals surface area contributed by atoms with Crippen molar-refractivity contribution in [2.75, 3.05) is 13.2 Å². The summed E-state index contributed by atoms with van der Waals surface area (Å²) in [5.41, 5.74) is -3.47. The van der Waals surface area contributed by atoms with Gasteiger partial charge in [0.15, 0.2) is 18.2 Å². The van der Waals surface area contributed by atoms with Crippen molar-refractivity contribution in [3.8, 4) is 0 Å². The van der Waals surface area contributed by atoms with E-state index in [9.17, 15) is 56.2 Å². The van der Waals surface area contributed by atoms with Crippen LogP contribution in [0.1, 0.15) is 9.67 Å². The molecule has 3 rings (SSSR count). The Hall–Kier alpha value is -0.600. The van der Waals surface area contributed by atoms with Crippen molar-refractivity contribution >= 4 is 0 Å². The molecule has 0 saturated carbocycles. The van der Waals surface area contributed by atoms with Gasteiger partial charge in [-0.15, -0.1) is 0 Å². The first-order valence-electron chi connectivity index (χ1n) is 11.2. The Balaban J connectivity index is 2.09. The summed E-state index contributed by atoms with van der Waals surface area (Å²) in [4.78, 5) is 0. The standard InChI is InChI=1S/C18H32O15/c1-4-7(21)9(23)11(25)15(30-4)18(29)13(27)16(28)31-6(3-20)14(18)33-17-12(26)10(24)8(22)5(2-19)32-17/h4-17,19-29H,2-3H2,1H3/t4-,5+,6+,7+,8-,9+,10-,11-,12+,13-,14+,15?,16?,17-,18+/m0/s1/i13D,16D. The SMILES string of the molecule is [2H]C1(O)O[C@H](CO)[C@@H](O[C@@H]2O[C@H](CO)[C@H](O)[C@H](O)[C@H]2O)[C@@](O)(C2O[C@@H](C)[C@@H](O)[C@@H](O)[C@@H]2O)[C@@]1([2H])O. The first-order chi connectivity index (χ1) is 16.1. The fourth-order valence-electron chi connectivity index (χ4n) is 4.21. The van der Waals surface area contributed by atoms with Crippen LogP contribution in [0.3, 0.4) is 0 Å². The number of ether oxygens (including phenoxy) is 4. The maximum Gasteiger partial charge on any atom is 0.187 e. The summed E-state index contributed by atoms with van der Waals surface area (Å²) in [5, 5.41) is 113. The monoisotopic (exact) mass is 490 g/mol. The molecule has 3 heterocycles. The van der Waals surface area contributed by atoms with Gasteiger partial charge in [-0.3, -0.25) is 0 Å². The van der Waals surface area contributed by atoms with E-state index in [0.717, 1.165) is 0 Å². The molecule has 0 aromatic rings. The molecule has 0 aliphatic carbocycles. The van der Waals surface area contributed by atoms with Crippen LogP contribution in [0.5, 0.6) is 0 Å². The molecule has 3 aliphatic rings. The van der Waals surface area contributed by atoms with Crippen LogP contribution in [0.4, 0.5) is 0 Å². The fraction of sp³-hybridized carbons (Fsp3) is 1.00. The van der Waals surface area contributed by atoms with E-state index in [4.69, 9.17) is 21.7 Å². The van der Waals surface area contributed by atoms with Gasteiger partial charge in [0.25, 0.3) is 0 Å². The Morgan fingerprint density at radius 2 is 1.33 bits per heavy atom. The van der Waals surface area contributed by atoms with Gasteiger partial charge < -0.3 is 75.1 Å². The van der Waals surface area contributed by atoms with Gasteiger partial charge in [-0.05, 0) is 6.92 Å². The molecule has 0 amide bonds. The molecule has 0 aromatic heterocycles. The molecule has 3 saturated heterocycles. The Labute approximate surface area is 190 Å². The van der Waals surface area contributed by atoms with E-state index in [1.807, 2.05) is 0 Å². The first kappa shape index (κ1) is 24.1. The number of hydrogen-bond acceptors (Lipinski definition) is 15. The number of rotatable bonds is 5. The number of aliphatic hydroxyl groups excluding tert-OH is 8. The topological polar surface area (TPSA) is 259 Å². The van der Waals surface area contributed by atoms with E-state index in [0.29, 0.717) is 0 Å². The first-order valence-corrected chi connectivity index (χ1v) is 10.2. The highest BCUT2D eigenvalue weighted by atomic mass is 16.7. The predicted octanol–water partition coefficient (Wildman–Crippen LogP) is -7.16. The molecular weight excluding hydrogens is 456 g/mol. The zero-order chi connectivity index (χ0) is 26.7. The molecule has 15 heteroatoms. The number of hydrogen-bond donors (Lipinski definition) is 11. The van der Waals surface area contributed by atoms with E-state index in [1.54, 1.807) is 0 Å². The van der Waals surface area contributed by atoms with Gasteiger partial charge in [-0.2, -0.15) is 0 Å². The summed E-state index contributed by atoms with van der Waals surface area (Å²) in [6.45, 7) is -0.839. The lowest BCUT2D eigenvalue weighted by Crippen LogP contribution is -2.78. The quantitative estimate of drug-likeness (QED) is 0.171. The smallest absolute Gasteiger partial charge is 0.187 e. The van der Waals surface area contributed by atoms with E-state index >= 15 is 0 Å². The molecule has 3 fully saturated rings. The second-order valence-electron chi connectivity index (χ2n) is 8.31. The van der Waals surface area contributed by atoms with E-state index in [-0.39, 0.29) is 0 Å². The second-order valence-corrected chi connectivity index (χ2v) is 8.31. The van der Waals surface area contributed by atoms with Gasteiger partial charge in [-0.25, -0.2) is 0 Å². The van der Waals surface area contributed by atoms with Gasteiger partial charge in [-0.1, -0.05) is 0 Å². The highest BCUT2D eigenvalue weighted by Crippen LogP contribution is 2.41.